The largest absolute Gasteiger partial charge is 0.504 e. The van der Waals surface area contributed by atoms with Crippen LogP contribution in [0.1, 0.15) is 33.5 Å². The Morgan fingerprint density at radius 3 is 2.31 bits per heavy atom. The monoisotopic (exact) mass is 409 g/mol. The molecule has 0 bridgehead atoms. The molecule has 1 aliphatic heterocycles. The summed E-state index contributed by atoms with van der Waals surface area (Å²) in [7, 11) is 0. The van der Waals surface area contributed by atoms with Gasteiger partial charge >= 0.3 is 6.18 Å². The van der Waals surface area contributed by atoms with Crippen molar-refractivity contribution in [2.24, 2.45) is 5.73 Å². The molecule has 0 radical (unpaired) electrons. The van der Waals surface area contributed by atoms with Crippen LogP contribution in [0, 0.1) is 13.8 Å². The van der Waals surface area contributed by atoms with Crippen molar-refractivity contribution in [2.75, 3.05) is 6.54 Å². The number of aromatic hydroxyl groups is 2. The van der Waals surface area contributed by atoms with Crippen LogP contribution in [0.15, 0.2) is 24.4 Å². The summed E-state index contributed by atoms with van der Waals surface area (Å²) < 4.78 is 36.2. The highest BCUT2D eigenvalue weighted by Crippen LogP contribution is 2.38. The van der Waals surface area contributed by atoms with Gasteiger partial charge in [-0.05, 0) is 66.8 Å². The van der Waals surface area contributed by atoms with Gasteiger partial charge in [-0.15, -0.1) is 0 Å². The molecule has 5 N–H and O–H groups in total. The summed E-state index contributed by atoms with van der Waals surface area (Å²) in [6.45, 7) is 5.44. The summed E-state index contributed by atoms with van der Waals surface area (Å²) in [6.07, 6.45) is -0.177. The van der Waals surface area contributed by atoms with Crippen molar-refractivity contribution >= 4 is 12.0 Å². The zero-order valence-corrected chi connectivity index (χ0v) is 16.0. The number of phenolic OH excluding ortho intramolecular Hbond substituents is 2. The van der Waals surface area contributed by atoms with E-state index in [0.717, 1.165) is 54.5 Å². The molecule has 2 aromatic rings. The average Bonchev–Trinajstić information content (AvgIpc) is 2.69. The Morgan fingerprint density at radius 1 is 1.17 bits per heavy atom. The highest BCUT2D eigenvalue weighted by Gasteiger charge is 2.31. The van der Waals surface area contributed by atoms with Gasteiger partial charge in [-0.25, -0.2) is 0 Å². The van der Waals surface area contributed by atoms with E-state index >= 15 is 0 Å². The summed E-state index contributed by atoms with van der Waals surface area (Å²) in [5.74, 6) is -0.594. The van der Waals surface area contributed by atoms with E-state index in [9.17, 15) is 28.2 Å². The van der Waals surface area contributed by atoms with E-state index in [1.807, 2.05) is 13.8 Å². The van der Waals surface area contributed by atoms with Crippen molar-refractivity contribution < 1.29 is 28.2 Å². The number of carbonyl (C=O) groups excluding carboxylic acids is 1. The molecule has 0 saturated carbocycles. The molecular formula is C20H22F3N3O3. The van der Waals surface area contributed by atoms with E-state index in [1.165, 1.54) is 17.7 Å². The number of nitrogens with two attached hydrogens (primary N) is 1. The Morgan fingerprint density at radius 2 is 1.79 bits per heavy atom. The minimum atomic E-state index is -4.45. The molecule has 1 aromatic carbocycles. The van der Waals surface area contributed by atoms with Crippen LogP contribution in [-0.2, 0) is 23.9 Å². The molecule has 1 amide bonds. The van der Waals surface area contributed by atoms with E-state index in [-0.39, 0.29) is 11.5 Å². The summed E-state index contributed by atoms with van der Waals surface area (Å²) in [6, 6.07) is 2.04. The van der Waals surface area contributed by atoms with Crippen molar-refractivity contribution in [1.82, 2.24) is 10.3 Å². The van der Waals surface area contributed by atoms with Crippen LogP contribution in [0.5, 0.6) is 11.5 Å². The van der Waals surface area contributed by atoms with Gasteiger partial charge in [0.05, 0.1) is 0 Å². The Labute approximate surface area is 165 Å². The zero-order valence-electron chi connectivity index (χ0n) is 16.0. The van der Waals surface area contributed by atoms with Crippen molar-refractivity contribution in [3.05, 3.63) is 57.9 Å². The predicted octanol–water partition coefficient (Wildman–Crippen LogP) is 2.96. The number of nitrogens with zero attached hydrogens (tertiary/aromatic N) is 1. The lowest BCUT2D eigenvalue weighted by Gasteiger charge is -2.23. The topological polar surface area (TPSA) is 108 Å². The maximum absolute atomic E-state index is 12.1. The highest BCUT2D eigenvalue weighted by atomic mass is 19.4. The molecule has 0 saturated heterocycles. The lowest BCUT2D eigenvalue weighted by Crippen LogP contribution is -2.25. The van der Waals surface area contributed by atoms with Gasteiger partial charge in [0.15, 0.2) is 11.5 Å². The SMILES string of the molecule is Cc1c(O)c(O)c(C)c2c1CCNC2.NC(=O)/C=C/c1ccc(C(F)(F)F)nc1. The second-order valence-electron chi connectivity index (χ2n) is 6.54. The van der Waals surface area contributed by atoms with Crippen LogP contribution in [0.25, 0.3) is 6.08 Å². The number of pyridine rings is 1. The van der Waals surface area contributed by atoms with Gasteiger partial charge in [-0.1, -0.05) is 6.07 Å². The number of hydrogen-bond donors (Lipinski definition) is 4. The second kappa shape index (κ2) is 8.95. The molecule has 1 aromatic heterocycles. The fraction of sp³-hybridized carbons (Fsp3) is 0.300. The quantitative estimate of drug-likeness (QED) is 0.451. The summed E-state index contributed by atoms with van der Waals surface area (Å²) in [4.78, 5) is 13.5. The van der Waals surface area contributed by atoms with Gasteiger partial charge in [0, 0.05) is 18.8 Å². The number of hydrogen-bond acceptors (Lipinski definition) is 5. The van der Waals surface area contributed by atoms with Crippen molar-refractivity contribution in [2.45, 2.75) is 33.0 Å². The van der Waals surface area contributed by atoms with E-state index in [0.29, 0.717) is 5.56 Å². The molecule has 2 heterocycles. The first kappa shape index (κ1) is 22.2. The predicted molar refractivity (Wildman–Crippen MR) is 102 cm³/mol. The third-order valence-corrected chi connectivity index (χ3v) is 4.57. The van der Waals surface area contributed by atoms with Gasteiger partial charge in [0.1, 0.15) is 5.69 Å². The second-order valence-corrected chi connectivity index (χ2v) is 6.54. The number of halogens is 3. The Balaban J connectivity index is 0.000000207. The number of primary amides is 1. The number of rotatable bonds is 2. The number of nitrogens with one attached hydrogen (secondary N) is 1. The highest BCUT2D eigenvalue weighted by molar-refractivity contribution is 5.90. The van der Waals surface area contributed by atoms with Gasteiger partial charge in [0.2, 0.25) is 5.91 Å². The van der Waals surface area contributed by atoms with E-state index in [2.05, 4.69) is 10.3 Å². The molecule has 156 valence electrons. The molecule has 29 heavy (non-hydrogen) atoms. The normalized spacial score (nSPS) is 13.6. The fourth-order valence-corrected chi connectivity index (χ4v) is 2.95. The molecule has 0 aliphatic carbocycles. The maximum Gasteiger partial charge on any atom is 0.433 e. The van der Waals surface area contributed by atoms with Crippen LogP contribution >= 0.6 is 0 Å². The Hall–Kier alpha value is -3.07. The molecule has 9 heteroatoms. The van der Waals surface area contributed by atoms with Crippen LogP contribution in [0.3, 0.4) is 0 Å². The maximum atomic E-state index is 12.1. The number of benzene rings is 1. The van der Waals surface area contributed by atoms with E-state index < -0.39 is 17.8 Å². The molecule has 0 unspecified atom stereocenters. The number of phenols is 2. The van der Waals surface area contributed by atoms with Gasteiger partial charge in [0.25, 0.3) is 0 Å². The van der Waals surface area contributed by atoms with Crippen molar-refractivity contribution in [3.8, 4) is 11.5 Å². The average molecular weight is 409 g/mol. The Bertz CT molecular complexity index is 887. The summed E-state index contributed by atoms with van der Waals surface area (Å²) in [5, 5.41) is 22.6. The minimum absolute atomic E-state index is 0.0324. The molecule has 3 rings (SSSR count). The summed E-state index contributed by atoms with van der Waals surface area (Å²) >= 11 is 0. The minimum Gasteiger partial charge on any atom is -0.504 e. The lowest BCUT2D eigenvalue weighted by molar-refractivity contribution is -0.141. The smallest absolute Gasteiger partial charge is 0.433 e. The number of alkyl halides is 3. The number of amides is 1. The molecule has 1 aliphatic rings. The van der Waals surface area contributed by atoms with Crippen molar-refractivity contribution in [1.29, 1.82) is 0 Å². The van der Waals surface area contributed by atoms with E-state index in [1.54, 1.807) is 0 Å². The first-order valence-electron chi connectivity index (χ1n) is 8.76. The summed E-state index contributed by atoms with van der Waals surface area (Å²) in [5.41, 5.74) is 8.18. The number of carbonyl (C=O) groups is 1. The number of aromatic nitrogens is 1. The molecule has 0 fully saturated rings. The van der Waals surface area contributed by atoms with Crippen LogP contribution in [0.2, 0.25) is 0 Å². The van der Waals surface area contributed by atoms with Crippen LogP contribution in [0.4, 0.5) is 13.2 Å². The van der Waals surface area contributed by atoms with Crippen LogP contribution in [-0.4, -0.2) is 27.6 Å². The zero-order chi connectivity index (χ0) is 21.8. The number of fused-ring (bicyclic) bond motifs is 1. The standard InChI is InChI=1S/C11H15NO2.C9H7F3N2O/c1-6-8-3-4-12-5-9(8)7(2)11(14)10(6)13;10-9(11,12)7-3-1-6(5-14-7)2-4-8(13)15/h12-14H,3-5H2,1-2H3;1-5H,(H2,13,15)/b;4-2+. The van der Waals surface area contributed by atoms with Crippen molar-refractivity contribution in [3.63, 3.8) is 0 Å². The van der Waals surface area contributed by atoms with E-state index in [4.69, 9.17) is 5.73 Å². The first-order valence-corrected chi connectivity index (χ1v) is 8.76. The van der Waals surface area contributed by atoms with Gasteiger partial charge < -0.3 is 21.3 Å². The fourth-order valence-electron chi connectivity index (χ4n) is 2.95. The third kappa shape index (κ3) is 5.47. The van der Waals surface area contributed by atoms with Gasteiger partial charge in [-0.2, -0.15) is 13.2 Å². The van der Waals surface area contributed by atoms with Gasteiger partial charge in [-0.3, -0.25) is 9.78 Å². The molecular weight excluding hydrogens is 387 g/mol. The molecule has 0 atom stereocenters. The Kier molecular flexibility index (Phi) is 6.86. The van der Waals surface area contributed by atoms with Crippen LogP contribution < -0.4 is 11.1 Å². The third-order valence-electron chi connectivity index (χ3n) is 4.57. The lowest BCUT2D eigenvalue weighted by atomic mass is 9.91. The molecule has 0 spiro atoms. The first-order chi connectivity index (χ1) is 13.5. The molecule has 6 nitrogen and oxygen atoms in total.